The Hall–Kier alpha value is -4.38. The van der Waals surface area contributed by atoms with Crippen LogP contribution in [-0.4, -0.2) is 66.1 Å². The number of hydrogen-bond acceptors (Lipinski definition) is 7. The minimum Gasteiger partial charge on any atom is -0.478 e. The molecule has 11 heteroatoms. The monoisotopic (exact) mass is 637 g/mol. The largest absolute Gasteiger partial charge is 0.478 e. The minimum atomic E-state index is -1.06. The van der Waals surface area contributed by atoms with Crippen LogP contribution in [0.3, 0.4) is 0 Å². The number of ether oxygens (including phenoxy) is 1. The molecule has 252 valence electrons. The lowest BCUT2D eigenvalue weighted by atomic mass is 9.76. The van der Waals surface area contributed by atoms with E-state index < -0.39 is 41.0 Å². The first kappa shape index (κ1) is 37.8. The molecule has 11 nitrogen and oxygen atoms in total. The molecule has 0 fully saturated rings. The standard InChI is InChI=1S/C35H51N5O6/c1-21(2)27(18-22(3)32(43)44)40(10)31(42)29(34(4,5)6)39-30(41)28(37-9)35(7,8)24-12-11-13-26(19-24)38-33(45)46-20-23-14-16-25(36)17-15-23/h11-19,21,27-29,37H,20,36H2,1-10H3,(H,38,45)(H,39,41)(H,43,44)/b22-18+/t27-,28-,29-/m1/s1. The van der Waals surface area contributed by atoms with Crippen LogP contribution < -0.4 is 21.7 Å². The summed E-state index contributed by atoms with van der Waals surface area (Å²) >= 11 is 0. The van der Waals surface area contributed by atoms with Gasteiger partial charge in [-0.1, -0.05) is 78.8 Å². The predicted octanol–water partition coefficient (Wildman–Crippen LogP) is 4.93. The number of carbonyl (C=O) groups is 4. The number of hydrogen-bond donors (Lipinski definition) is 5. The molecule has 6 N–H and O–H groups in total. The number of nitrogen functional groups attached to an aromatic ring is 1. The molecule has 2 aromatic carbocycles. The molecule has 2 aromatic rings. The maximum absolute atomic E-state index is 13.9. The van der Waals surface area contributed by atoms with Gasteiger partial charge in [0.05, 0.1) is 12.1 Å². The van der Waals surface area contributed by atoms with Gasteiger partial charge in [-0.2, -0.15) is 0 Å². The molecule has 0 bridgehead atoms. The Kier molecular flexibility index (Phi) is 12.9. The van der Waals surface area contributed by atoms with E-state index in [9.17, 15) is 24.3 Å². The van der Waals surface area contributed by atoms with E-state index in [0.29, 0.717) is 11.4 Å². The van der Waals surface area contributed by atoms with Gasteiger partial charge in [-0.3, -0.25) is 14.9 Å². The summed E-state index contributed by atoms with van der Waals surface area (Å²) in [6.45, 7) is 14.8. The van der Waals surface area contributed by atoms with Crippen LogP contribution in [0, 0.1) is 11.3 Å². The van der Waals surface area contributed by atoms with Crippen LogP contribution in [0.5, 0.6) is 0 Å². The molecule has 3 atom stereocenters. The topological polar surface area (TPSA) is 163 Å². The Labute approximate surface area is 272 Å². The van der Waals surface area contributed by atoms with Gasteiger partial charge in [0.1, 0.15) is 12.6 Å². The summed E-state index contributed by atoms with van der Waals surface area (Å²) in [5.41, 5.74) is 7.08. The van der Waals surface area contributed by atoms with Crippen LogP contribution in [0.25, 0.3) is 0 Å². The molecule has 0 heterocycles. The third kappa shape index (κ3) is 10.1. The first-order chi connectivity index (χ1) is 21.3. The van der Waals surface area contributed by atoms with E-state index in [0.717, 1.165) is 11.1 Å². The van der Waals surface area contributed by atoms with Gasteiger partial charge in [0.15, 0.2) is 0 Å². The molecular formula is C35H51N5O6. The van der Waals surface area contributed by atoms with Gasteiger partial charge >= 0.3 is 12.1 Å². The van der Waals surface area contributed by atoms with Crippen molar-refractivity contribution in [3.8, 4) is 0 Å². The van der Waals surface area contributed by atoms with E-state index >= 15 is 0 Å². The second-order valence-electron chi connectivity index (χ2n) is 13.6. The van der Waals surface area contributed by atoms with E-state index in [4.69, 9.17) is 10.5 Å². The molecule has 0 saturated heterocycles. The second-order valence-corrected chi connectivity index (χ2v) is 13.6. The van der Waals surface area contributed by atoms with Gasteiger partial charge in [-0.15, -0.1) is 0 Å². The molecule has 3 amide bonds. The zero-order chi connectivity index (χ0) is 35.0. The fourth-order valence-corrected chi connectivity index (χ4v) is 5.20. The van der Waals surface area contributed by atoms with Crippen molar-refractivity contribution in [3.05, 3.63) is 71.3 Å². The van der Waals surface area contributed by atoms with Crippen molar-refractivity contribution in [2.24, 2.45) is 11.3 Å². The number of amides is 3. The highest BCUT2D eigenvalue weighted by atomic mass is 16.5. The normalized spacial score (nSPS) is 14.2. The van der Waals surface area contributed by atoms with Crippen molar-refractivity contribution in [2.75, 3.05) is 25.1 Å². The highest BCUT2D eigenvalue weighted by molar-refractivity contribution is 5.92. The number of nitrogens with one attached hydrogen (secondary N) is 3. The molecule has 0 saturated carbocycles. The van der Waals surface area contributed by atoms with Crippen LogP contribution in [0.2, 0.25) is 0 Å². The predicted molar refractivity (Wildman–Crippen MR) is 181 cm³/mol. The van der Waals surface area contributed by atoms with Crippen molar-refractivity contribution >= 4 is 35.3 Å². The quantitative estimate of drug-likeness (QED) is 0.153. The summed E-state index contributed by atoms with van der Waals surface area (Å²) in [4.78, 5) is 53.4. The maximum Gasteiger partial charge on any atom is 0.411 e. The van der Waals surface area contributed by atoms with Crippen LogP contribution >= 0.6 is 0 Å². The van der Waals surface area contributed by atoms with Crippen molar-refractivity contribution in [1.29, 1.82) is 0 Å². The molecule has 46 heavy (non-hydrogen) atoms. The summed E-state index contributed by atoms with van der Waals surface area (Å²) < 4.78 is 5.35. The molecule has 0 aliphatic rings. The third-order valence-corrected chi connectivity index (χ3v) is 8.11. The van der Waals surface area contributed by atoms with Crippen molar-refractivity contribution in [2.45, 2.75) is 85.5 Å². The summed E-state index contributed by atoms with van der Waals surface area (Å²) in [6, 6.07) is 12.0. The average Bonchev–Trinajstić information content (AvgIpc) is 2.97. The van der Waals surface area contributed by atoms with Gasteiger partial charge in [-0.25, -0.2) is 9.59 Å². The Morgan fingerprint density at radius 3 is 2.13 bits per heavy atom. The summed E-state index contributed by atoms with van der Waals surface area (Å²) in [5, 5.41) is 18.3. The minimum absolute atomic E-state index is 0.0700. The summed E-state index contributed by atoms with van der Waals surface area (Å²) in [6.07, 6.45) is 0.944. The first-order valence-electron chi connectivity index (χ1n) is 15.3. The van der Waals surface area contributed by atoms with Crippen LogP contribution in [0.15, 0.2) is 60.2 Å². The van der Waals surface area contributed by atoms with E-state index in [1.807, 2.05) is 54.5 Å². The number of rotatable bonds is 13. The Balaban J connectivity index is 2.26. The van der Waals surface area contributed by atoms with E-state index in [-0.39, 0.29) is 29.9 Å². The smallest absolute Gasteiger partial charge is 0.411 e. The summed E-state index contributed by atoms with van der Waals surface area (Å²) in [5.74, 6) is -1.83. The number of carbonyl (C=O) groups excluding carboxylic acids is 3. The van der Waals surface area contributed by atoms with Crippen molar-refractivity contribution < 1.29 is 29.0 Å². The molecular weight excluding hydrogens is 586 g/mol. The number of nitrogens with two attached hydrogens (primary N) is 1. The molecule has 0 spiro atoms. The summed E-state index contributed by atoms with van der Waals surface area (Å²) in [7, 11) is 3.30. The Morgan fingerprint density at radius 1 is 1.00 bits per heavy atom. The van der Waals surface area contributed by atoms with Crippen LogP contribution in [-0.2, 0) is 31.1 Å². The van der Waals surface area contributed by atoms with Gasteiger partial charge in [0.25, 0.3) is 0 Å². The number of carboxylic acids is 1. The second kappa shape index (κ2) is 15.8. The average molecular weight is 638 g/mol. The highest BCUT2D eigenvalue weighted by Gasteiger charge is 2.41. The lowest BCUT2D eigenvalue weighted by Crippen LogP contribution is -2.61. The highest BCUT2D eigenvalue weighted by Crippen LogP contribution is 2.31. The number of aliphatic carboxylic acids is 1. The van der Waals surface area contributed by atoms with E-state index in [2.05, 4.69) is 16.0 Å². The van der Waals surface area contributed by atoms with Gasteiger partial charge in [-0.05, 0) is 60.7 Å². The van der Waals surface area contributed by atoms with Crippen LogP contribution in [0.1, 0.15) is 66.5 Å². The van der Waals surface area contributed by atoms with Crippen LogP contribution in [0.4, 0.5) is 16.2 Å². The Morgan fingerprint density at radius 2 is 1.61 bits per heavy atom. The first-order valence-corrected chi connectivity index (χ1v) is 15.3. The number of benzene rings is 2. The van der Waals surface area contributed by atoms with E-state index in [1.54, 1.807) is 62.6 Å². The van der Waals surface area contributed by atoms with Crippen molar-refractivity contribution in [1.82, 2.24) is 15.5 Å². The zero-order valence-corrected chi connectivity index (χ0v) is 28.7. The van der Waals surface area contributed by atoms with Gasteiger partial charge in [0, 0.05) is 29.4 Å². The molecule has 0 unspecified atom stereocenters. The number of likely N-dealkylation sites (N-methyl/N-ethyl adjacent to an activating group) is 2. The fraction of sp³-hybridized carbons (Fsp3) is 0.486. The molecule has 0 radical (unpaired) electrons. The van der Waals surface area contributed by atoms with Gasteiger partial charge in [0.2, 0.25) is 11.8 Å². The number of carboxylic acid groups (broad SMARTS) is 1. The number of nitrogens with zero attached hydrogens (tertiary/aromatic N) is 1. The fourth-order valence-electron chi connectivity index (χ4n) is 5.20. The molecule has 0 aromatic heterocycles. The van der Waals surface area contributed by atoms with E-state index in [1.165, 1.54) is 11.8 Å². The SMILES string of the molecule is CN[C@H](C(=O)N[C@H](C(=O)N(C)[C@H](/C=C(\C)C(=O)O)C(C)C)C(C)(C)C)C(C)(C)c1cccc(NC(=O)OCc2ccc(N)cc2)c1. The molecule has 0 aliphatic heterocycles. The maximum atomic E-state index is 13.9. The van der Waals surface area contributed by atoms with Gasteiger partial charge < -0.3 is 31.1 Å². The van der Waals surface area contributed by atoms with Crippen molar-refractivity contribution in [3.63, 3.8) is 0 Å². The lowest BCUT2D eigenvalue weighted by molar-refractivity contribution is -0.141. The lowest BCUT2D eigenvalue weighted by Gasteiger charge is -2.40. The molecule has 2 rings (SSSR count). The third-order valence-electron chi connectivity index (χ3n) is 8.11. The zero-order valence-electron chi connectivity index (χ0n) is 28.7. The molecule has 0 aliphatic carbocycles. The number of anilines is 2. The Bertz CT molecular complexity index is 1410.